The molecule has 3 rings (SSSR count). The van der Waals surface area contributed by atoms with E-state index in [4.69, 9.17) is 9.47 Å². The van der Waals surface area contributed by atoms with Crippen LogP contribution in [0.4, 0.5) is 4.39 Å². The van der Waals surface area contributed by atoms with Crippen molar-refractivity contribution in [2.75, 3.05) is 13.7 Å². The predicted octanol–water partition coefficient (Wildman–Crippen LogP) is 3.16. The molecule has 0 saturated carbocycles. The van der Waals surface area contributed by atoms with Crippen LogP contribution in [-0.2, 0) is 9.53 Å². The lowest BCUT2D eigenvalue weighted by Gasteiger charge is -2.08. The fourth-order valence-electron chi connectivity index (χ4n) is 2.39. The minimum absolute atomic E-state index is 0.166. The Labute approximate surface area is 157 Å². The summed E-state index contributed by atoms with van der Waals surface area (Å²) in [4.78, 5) is 36.2. The minimum atomic E-state index is -0.786. The molecule has 0 aliphatic heterocycles. The van der Waals surface area contributed by atoms with Crippen molar-refractivity contribution in [3.8, 4) is 5.75 Å². The van der Waals surface area contributed by atoms with Crippen molar-refractivity contribution in [2.24, 2.45) is 0 Å². The van der Waals surface area contributed by atoms with Gasteiger partial charge >= 0.3 is 5.97 Å². The maximum atomic E-state index is 13.7. The standard InChI is InChI=1S/C19H14FNO5S/c1-25-14-7-3-2-5-11(14)18(23)21-17(22)10-26-19(24)16-9-12-13(20)6-4-8-15(12)27-16/h2-9H,10H2,1H3,(H,21,22,23). The summed E-state index contributed by atoms with van der Waals surface area (Å²) in [5, 5.41) is 2.43. The first kappa shape index (κ1) is 18.5. The maximum absolute atomic E-state index is 13.7. The molecule has 0 bridgehead atoms. The predicted molar refractivity (Wildman–Crippen MR) is 97.5 cm³/mol. The number of thiophene rings is 1. The van der Waals surface area contributed by atoms with Crippen molar-refractivity contribution in [3.05, 3.63) is 64.8 Å². The fraction of sp³-hybridized carbons (Fsp3) is 0.105. The van der Waals surface area contributed by atoms with E-state index in [-0.39, 0.29) is 10.4 Å². The highest BCUT2D eigenvalue weighted by Gasteiger charge is 2.18. The van der Waals surface area contributed by atoms with Crippen LogP contribution in [0, 0.1) is 5.82 Å². The van der Waals surface area contributed by atoms with Crippen molar-refractivity contribution in [3.63, 3.8) is 0 Å². The maximum Gasteiger partial charge on any atom is 0.348 e. The number of para-hydroxylation sites is 1. The van der Waals surface area contributed by atoms with Crippen LogP contribution in [0.15, 0.2) is 48.5 Å². The van der Waals surface area contributed by atoms with E-state index in [0.717, 1.165) is 11.3 Å². The zero-order valence-electron chi connectivity index (χ0n) is 14.2. The molecule has 0 aliphatic rings. The summed E-state index contributed by atoms with van der Waals surface area (Å²) in [5.74, 6) is -2.35. The molecule has 0 atom stereocenters. The molecule has 2 amide bonds. The van der Waals surface area contributed by atoms with E-state index >= 15 is 0 Å². The molecule has 8 heteroatoms. The first-order valence-electron chi connectivity index (χ1n) is 7.82. The summed E-state index contributed by atoms with van der Waals surface area (Å²) < 4.78 is 24.2. The topological polar surface area (TPSA) is 81.7 Å². The molecule has 3 aromatic rings. The van der Waals surface area contributed by atoms with Gasteiger partial charge < -0.3 is 9.47 Å². The van der Waals surface area contributed by atoms with Crippen LogP contribution in [-0.4, -0.2) is 31.5 Å². The molecule has 0 unspecified atom stereocenters. The highest BCUT2D eigenvalue weighted by Crippen LogP contribution is 2.28. The normalized spacial score (nSPS) is 10.4. The number of halogens is 1. The Morgan fingerprint density at radius 2 is 1.89 bits per heavy atom. The molecule has 0 radical (unpaired) electrons. The Kier molecular flexibility index (Phi) is 5.46. The summed E-state index contributed by atoms with van der Waals surface area (Å²) in [7, 11) is 1.41. The van der Waals surface area contributed by atoms with Crippen LogP contribution in [0.5, 0.6) is 5.75 Å². The van der Waals surface area contributed by atoms with Crippen LogP contribution in [0.2, 0.25) is 0 Å². The van der Waals surface area contributed by atoms with Crippen molar-refractivity contribution < 1.29 is 28.2 Å². The average Bonchev–Trinajstić information content (AvgIpc) is 3.12. The van der Waals surface area contributed by atoms with Crippen LogP contribution in [0.25, 0.3) is 10.1 Å². The molecule has 1 N–H and O–H groups in total. The number of nitrogens with one attached hydrogen (secondary N) is 1. The summed E-state index contributed by atoms with van der Waals surface area (Å²) in [6.07, 6.45) is 0. The number of rotatable bonds is 5. The van der Waals surface area contributed by atoms with E-state index in [9.17, 15) is 18.8 Å². The van der Waals surface area contributed by atoms with E-state index in [2.05, 4.69) is 5.32 Å². The van der Waals surface area contributed by atoms with Gasteiger partial charge in [0.15, 0.2) is 6.61 Å². The number of fused-ring (bicyclic) bond motifs is 1. The summed E-state index contributed by atoms with van der Waals surface area (Å²) >= 11 is 1.06. The number of carbonyl (C=O) groups is 3. The number of methoxy groups -OCH3 is 1. The number of amides is 2. The number of ether oxygens (including phenoxy) is 2. The highest BCUT2D eigenvalue weighted by atomic mass is 32.1. The van der Waals surface area contributed by atoms with Crippen molar-refractivity contribution in [1.82, 2.24) is 5.32 Å². The van der Waals surface area contributed by atoms with Gasteiger partial charge in [-0.2, -0.15) is 0 Å². The van der Waals surface area contributed by atoms with E-state index in [1.54, 1.807) is 30.3 Å². The molecule has 27 heavy (non-hydrogen) atoms. The molecule has 138 valence electrons. The van der Waals surface area contributed by atoms with Gasteiger partial charge in [0.05, 0.1) is 12.7 Å². The smallest absolute Gasteiger partial charge is 0.348 e. The number of hydrogen-bond acceptors (Lipinski definition) is 6. The Morgan fingerprint density at radius 1 is 1.11 bits per heavy atom. The molecule has 0 spiro atoms. The lowest BCUT2D eigenvalue weighted by Crippen LogP contribution is -2.34. The lowest BCUT2D eigenvalue weighted by atomic mass is 10.2. The van der Waals surface area contributed by atoms with Gasteiger partial charge in [0.25, 0.3) is 11.8 Å². The molecule has 6 nitrogen and oxygen atoms in total. The Morgan fingerprint density at radius 3 is 2.63 bits per heavy atom. The number of hydrogen-bond donors (Lipinski definition) is 1. The number of carbonyl (C=O) groups excluding carboxylic acids is 3. The van der Waals surface area contributed by atoms with E-state index in [1.165, 1.54) is 25.3 Å². The first-order valence-corrected chi connectivity index (χ1v) is 8.63. The quantitative estimate of drug-likeness (QED) is 0.680. The second-order valence-corrected chi connectivity index (χ2v) is 6.50. The van der Waals surface area contributed by atoms with Gasteiger partial charge in [-0.25, -0.2) is 9.18 Å². The molecule has 0 aliphatic carbocycles. The van der Waals surface area contributed by atoms with Gasteiger partial charge in [-0.3, -0.25) is 14.9 Å². The number of benzene rings is 2. The van der Waals surface area contributed by atoms with Gasteiger partial charge in [0, 0.05) is 10.1 Å². The van der Waals surface area contributed by atoms with Crippen LogP contribution in [0.3, 0.4) is 0 Å². The van der Waals surface area contributed by atoms with Gasteiger partial charge in [-0.1, -0.05) is 18.2 Å². The van der Waals surface area contributed by atoms with Gasteiger partial charge in [-0.05, 0) is 30.3 Å². The minimum Gasteiger partial charge on any atom is -0.496 e. The molecule has 1 heterocycles. The molecule has 0 saturated heterocycles. The highest BCUT2D eigenvalue weighted by molar-refractivity contribution is 7.20. The van der Waals surface area contributed by atoms with E-state index in [0.29, 0.717) is 15.8 Å². The summed E-state index contributed by atoms with van der Waals surface area (Å²) in [5.41, 5.74) is 0.180. The van der Waals surface area contributed by atoms with Crippen LogP contribution < -0.4 is 10.1 Å². The molecular formula is C19H14FNO5S. The lowest BCUT2D eigenvalue weighted by molar-refractivity contribution is -0.123. The average molecular weight is 387 g/mol. The molecule has 0 fully saturated rings. The zero-order valence-corrected chi connectivity index (χ0v) is 15.0. The Bertz CT molecular complexity index is 1030. The largest absolute Gasteiger partial charge is 0.496 e. The SMILES string of the molecule is COc1ccccc1C(=O)NC(=O)COC(=O)c1cc2c(F)cccc2s1. The van der Waals surface area contributed by atoms with Gasteiger partial charge in [0.2, 0.25) is 0 Å². The third kappa shape index (κ3) is 4.12. The monoisotopic (exact) mass is 387 g/mol. The summed E-state index contributed by atoms with van der Waals surface area (Å²) in [6, 6.07) is 12.3. The number of imide groups is 1. The second-order valence-electron chi connectivity index (χ2n) is 5.42. The second kappa shape index (κ2) is 7.96. The zero-order chi connectivity index (χ0) is 19.4. The van der Waals surface area contributed by atoms with Crippen molar-refractivity contribution >= 4 is 39.2 Å². The molecule has 1 aromatic heterocycles. The fourth-order valence-corrected chi connectivity index (χ4v) is 3.36. The number of esters is 1. The first-order chi connectivity index (χ1) is 13.0. The van der Waals surface area contributed by atoms with Gasteiger partial charge in [-0.15, -0.1) is 11.3 Å². The van der Waals surface area contributed by atoms with Crippen molar-refractivity contribution in [1.29, 1.82) is 0 Å². The third-order valence-corrected chi connectivity index (χ3v) is 4.73. The summed E-state index contributed by atoms with van der Waals surface area (Å²) in [6.45, 7) is -0.642. The van der Waals surface area contributed by atoms with Gasteiger partial charge in [0.1, 0.15) is 16.4 Å². The van der Waals surface area contributed by atoms with E-state index < -0.39 is 30.2 Å². The van der Waals surface area contributed by atoms with Crippen molar-refractivity contribution in [2.45, 2.75) is 0 Å². The molecular weight excluding hydrogens is 373 g/mol. The third-order valence-electron chi connectivity index (χ3n) is 3.65. The Hall–Kier alpha value is -3.26. The van der Waals surface area contributed by atoms with Crippen LogP contribution >= 0.6 is 11.3 Å². The Balaban J connectivity index is 1.60. The van der Waals surface area contributed by atoms with Crippen LogP contribution in [0.1, 0.15) is 20.0 Å². The van der Waals surface area contributed by atoms with E-state index in [1.807, 2.05) is 0 Å². The molecule has 2 aromatic carbocycles.